The number of benzene rings is 1. The SMILES string of the molecule is Cc1ccc(-c2nn(-c3ccccc3)cc2C=CC(=O)OCC(=O)c2c(N)n(CC(C)C)c(=O)n(C)c2=O)o1. The summed E-state index contributed by atoms with van der Waals surface area (Å²) >= 11 is 0. The zero-order valence-electron chi connectivity index (χ0n) is 22.1. The Bertz CT molecular complexity index is 1670. The lowest BCUT2D eigenvalue weighted by Crippen LogP contribution is -2.43. The normalized spacial score (nSPS) is 11.4. The maximum absolute atomic E-state index is 12.8. The minimum atomic E-state index is -0.846. The van der Waals surface area contributed by atoms with Gasteiger partial charge in [0, 0.05) is 31.4 Å². The van der Waals surface area contributed by atoms with Crippen LogP contribution in [0, 0.1) is 12.8 Å². The van der Waals surface area contributed by atoms with Crippen molar-refractivity contribution >= 4 is 23.6 Å². The lowest BCUT2D eigenvalue weighted by Gasteiger charge is -2.16. The molecule has 4 rings (SSSR count). The average Bonchev–Trinajstić information content (AvgIpc) is 3.54. The van der Waals surface area contributed by atoms with E-state index in [2.05, 4.69) is 5.10 Å². The quantitative estimate of drug-likeness (QED) is 0.197. The second-order valence-electron chi connectivity index (χ2n) is 9.40. The third-order valence-electron chi connectivity index (χ3n) is 5.89. The summed E-state index contributed by atoms with van der Waals surface area (Å²) < 4.78 is 14.5. The van der Waals surface area contributed by atoms with Gasteiger partial charge in [-0.25, -0.2) is 14.3 Å². The highest BCUT2D eigenvalue weighted by Crippen LogP contribution is 2.26. The Morgan fingerprint density at radius 1 is 1.13 bits per heavy atom. The van der Waals surface area contributed by atoms with Crippen LogP contribution in [-0.2, 0) is 23.1 Å². The van der Waals surface area contributed by atoms with Gasteiger partial charge in [-0.15, -0.1) is 0 Å². The lowest BCUT2D eigenvalue weighted by molar-refractivity contribution is -0.136. The zero-order valence-corrected chi connectivity index (χ0v) is 22.1. The molecule has 202 valence electrons. The lowest BCUT2D eigenvalue weighted by atomic mass is 10.1. The van der Waals surface area contributed by atoms with Gasteiger partial charge in [0.2, 0.25) is 5.78 Å². The van der Waals surface area contributed by atoms with Crippen LogP contribution in [0.25, 0.3) is 23.2 Å². The van der Waals surface area contributed by atoms with Crippen LogP contribution in [0.15, 0.2) is 68.7 Å². The third-order valence-corrected chi connectivity index (χ3v) is 5.89. The van der Waals surface area contributed by atoms with E-state index in [0.717, 1.165) is 16.3 Å². The summed E-state index contributed by atoms with van der Waals surface area (Å²) in [6, 6.07) is 13.0. The van der Waals surface area contributed by atoms with Crippen molar-refractivity contribution in [2.24, 2.45) is 13.0 Å². The molecule has 39 heavy (non-hydrogen) atoms. The predicted molar refractivity (Wildman–Crippen MR) is 146 cm³/mol. The van der Waals surface area contributed by atoms with Crippen molar-refractivity contribution in [3.63, 3.8) is 0 Å². The maximum atomic E-state index is 12.8. The molecule has 0 spiro atoms. The molecule has 0 saturated carbocycles. The molecule has 11 nitrogen and oxygen atoms in total. The van der Waals surface area contributed by atoms with Gasteiger partial charge in [0.15, 0.2) is 12.4 Å². The van der Waals surface area contributed by atoms with Gasteiger partial charge in [-0.05, 0) is 43.2 Å². The average molecular weight is 532 g/mol. The van der Waals surface area contributed by atoms with Crippen LogP contribution in [-0.4, -0.2) is 37.3 Å². The fourth-order valence-corrected chi connectivity index (χ4v) is 3.98. The Labute approximate surface area is 223 Å². The number of rotatable bonds is 9. The van der Waals surface area contributed by atoms with E-state index in [1.807, 2.05) is 57.2 Å². The van der Waals surface area contributed by atoms with E-state index in [1.165, 1.54) is 17.7 Å². The van der Waals surface area contributed by atoms with Gasteiger partial charge in [0.1, 0.15) is 22.8 Å². The first-order valence-corrected chi connectivity index (χ1v) is 12.3. The van der Waals surface area contributed by atoms with Gasteiger partial charge in [-0.2, -0.15) is 5.10 Å². The van der Waals surface area contributed by atoms with Crippen LogP contribution in [0.4, 0.5) is 5.82 Å². The zero-order chi connectivity index (χ0) is 28.3. The van der Waals surface area contributed by atoms with E-state index in [-0.39, 0.29) is 18.3 Å². The summed E-state index contributed by atoms with van der Waals surface area (Å²) in [6.45, 7) is 5.05. The minimum absolute atomic E-state index is 0.0367. The Kier molecular flexibility index (Phi) is 7.80. The first kappa shape index (κ1) is 27.1. The molecule has 3 heterocycles. The number of furan rings is 1. The molecule has 3 aromatic heterocycles. The van der Waals surface area contributed by atoms with Crippen LogP contribution < -0.4 is 17.0 Å². The topological polar surface area (TPSA) is 144 Å². The first-order valence-electron chi connectivity index (χ1n) is 12.3. The van der Waals surface area contributed by atoms with Crippen LogP contribution in [0.5, 0.6) is 0 Å². The number of carbonyl (C=O) groups is 2. The highest BCUT2D eigenvalue weighted by Gasteiger charge is 2.23. The molecule has 0 aliphatic rings. The molecule has 0 fully saturated rings. The monoisotopic (exact) mass is 531 g/mol. The summed E-state index contributed by atoms with van der Waals surface area (Å²) in [6.07, 6.45) is 4.39. The molecular formula is C28H29N5O6. The van der Waals surface area contributed by atoms with Crippen LogP contribution >= 0.6 is 0 Å². The number of anilines is 1. The molecule has 1 aromatic carbocycles. The predicted octanol–water partition coefficient (Wildman–Crippen LogP) is 2.98. The van der Waals surface area contributed by atoms with E-state index < -0.39 is 35.2 Å². The number of aryl methyl sites for hydroxylation is 1. The molecule has 0 bridgehead atoms. The number of hydrogen-bond acceptors (Lipinski definition) is 8. The number of Topliss-reactive ketones (excluding diaryl/α,β-unsaturated/α-hetero) is 1. The Balaban J connectivity index is 1.55. The van der Waals surface area contributed by atoms with Crippen molar-refractivity contribution in [1.29, 1.82) is 0 Å². The number of aromatic nitrogens is 4. The van der Waals surface area contributed by atoms with E-state index in [1.54, 1.807) is 16.9 Å². The van der Waals surface area contributed by atoms with Crippen molar-refractivity contribution in [3.8, 4) is 17.1 Å². The molecule has 0 radical (unpaired) electrons. The van der Waals surface area contributed by atoms with Crippen LogP contribution in [0.2, 0.25) is 0 Å². The van der Waals surface area contributed by atoms with E-state index >= 15 is 0 Å². The van der Waals surface area contributed by atoms with Crippen molar-refractivity contribution in [1.82, 2.24) is 18.9 Å². The van der Waals surface area contributed by atoms with Gasteiger partial charge in [-0.3, -0.25) is 18.7 Å². The van der Waals surface area contributed by atoms with Crippen LogP contribution in [0.1, 0.15) is 35.5 Å². The standard InChI is InChI=1S/C28H29N5O6/c1-17(2)14-32-26(29)24(27(36)31(4)28(32)37)21(34)16-38-23(35)13-11-19-15-33(20-8-6-5-7-9-20)30-25(19)22-12-10-18(3)39-22/h5-13,15,17H,14,16,29H2,1-4H3. The second kappa shape index (κ2) is 11.2. The fourth-order valence-electron chi connectivity index (χ4n) is 3.98. The van der Waals surface area contributed by atoms with Gasteiger partial charge in [-0.1, -0.05) is 32.0 Å². The second-order valence-corrected chi connectivity index (χ2v) is 9.40. The van der Waals surface area contributed by atoms with Crippen molar-refractivity contribution in [2.45, 2.75) is 27.3 Å². The van der Waals surface area contributed by atoms with Crippen LogP contribution in [0.3, 0.4) is 0 Å². The Morgan fingerprint density at radius 2 is 1.85 bits per heavy atom. The van der Waals surface area contributed by atoms with Gasteiger partial charge in [0.05, 0.1) is 5.69 Å². The number of hydrogen-bond donors (Lipinski definition) is 1. The minimum Gasteiger partial charge on any atom is -0.460 e. The summed E-state index contributed by atoms with van der Waals surface area (Å²) in [5.41, 5.74) is 6.06. The van der Waals surface area contributed by atoms with Gasteiger partial charge < -0.3 is 14.9 Å². The molecule has 11 heteroatoms. The number of para-hydroxylation sites is 1. The third kappa shape index (κ3) is 5.82. The molecule has 2 N–H and O–H groups in total. The molecule has 0 aliphatic carbocycles. The molecule has 0 atom stereocenters. The fraction of sp³-hybridized carbons (Fsp3) is 0.250. The van der Waals surface area contributed by atoms with Crippen molar-refractivity contribution in [3.05, 3.63) is 92.5 Å². The molecule has 0 saturated heterocycles. The van der Waals surface area contributed by atoms with Crippen molar-refractivity contribution in [2.75, 3.05) is 12.3 Å². The largest absolute Gasteiger partial charge is 0.460 e. The van der Waals surface area contributed by atoms with E-state index in [9.17, 15) is 19.2 Å². The maximum Gasteiger partial charge on any atom is 0.332 e. The summed E-state index contributed by atoms with van der Waals surface area (Å²) in [4.78, 5) is 50.4. The smallest absolute Gasteiger partial charge is 0.332 e. The molecular weight excluding hydrogens is 502 g/mol. The number of carbonyl (C=O) groups excluding carboxylic acids is 2. The van der Waals surface area contributed by atoms with Gasteiger partial charge in [0.25, 0.3) is 5.56 Å². The number of nitrogens with two attached hydrogens (primary N) is 1. The van der Waals surface area contributed by atoms with E-state index in [0.29, 0.717) is 22.8 Å². The highest BCUT2D eigenvalue weighted by molar-refractivity contribution is 6.02. The molecule has 0 aliphatic heterocycles. The molecule has 0 amide bonds. The number of nitrogens with zero attached hydrogens (tertiary/aromatic N) is 4. The highest BCUT2D eigenvalue weighted by atomic mass is 16.5. The number of esters is 1. The Hall–Kier alpha value is -4.93. The number of ether oxygens (including phenoxy) is 1. The molecule has 0 unspecified atom stereocenters. The Morgan fingerprint density at radius 3 is 2.49 bits per heavy atom. The van der Waals surface area contributed by atoms with E-state index in [4.69, 9.17) is 14.9 Å². The van der Waals surface area contributed by atoms with Crippen molar-refractivity contribution < 1.29 is 18.7 Å². The summed E-state index contributed by atoms with van der Waals surface area (Å²) in [5, 5.41) is 4.61. The first-order chi connectivity index (χ1) is 18.6. The van der Waals surface area contributed by atoms with Gasteiger partial charge >= 0.3 is 11.7 Å². The number of nitrogen functional groups attached to an aromatic ring is 1. The summed E-state index contributed by atoms with van der Waals surface area (Å²) in [7, 11) is 1.26. The molecule has 4 aromatic rings. The number of ketones is 1. The summed E-state index contributed by atoms with van der Waals surface area (Å²) in [5.74, 6) is -0.612.